The number of benzene rings is 1. The van der Waals surface area contributed by atoms with Crippen LogP contribution in [0.1, 0.15) is 43.7 Å². The molecule has 2 amide bonds. The van der Waals surface area contributed by atoms with Gasteiger partial charge in [-0.2, -0.15) is 0 Å². The number of carbonyl (C=O) groups is 2. The molecule has 9 heteroatoms. The minimum Gasteiger partial charge on any atom is -0.357 e. The van der Waals surface area contributed by atoms with Gasteiger partial charge in [-0.1, -0.05) is 24.3 Å². The second kappa shape index (κ2) is 13.7. The van der Waals surface area contributed by atoms with E-state index in [1.54, 1.807) is 19.0 Å². The maximum atomic E-state index is 11.9. The van der Waals surface area contributed by atoms with E-state index in [2.05, 4.69) is 40.7 Å². The predicted molar refractivity (Wildman–Crippen MR) is 143 cm³/mol. The molecule has 0 unspecified atom stereocenters. The highest BCUT2D eigenvalue weighted by Crippen LogP contribution is 2.16. The van der Waals surface area contributed by atoms with Gasteiger partial charge in [0.15, 0.2) is 5.96 Å². The van der Waals surface area contributed by atoms with Crippen LogP contribution in [0.25, 0.3) is 0 Å². The number of rotatable bonds is 8. The first-order valence-corrected chi connectivity index (χ1v) is 11.8. The van der Waals surface area contributed by atoms with Crippen molar-refractivity contribution in [2.24, 2.45) is 4.99 Å². The summed E-state index contributed by atoms with van der Waals surface area (Å²) in [6.45, 7) is 7.32. The highest BCUT2D eigenvalue weighted by Gasteiger charge is 2.22. The van der Waals surface area contributed by atoms with Crippen molar-refractivity contribution in [2.45, 2.75) is 51.7 Å². The van der Waals surface area contributed by atoms with Gasteiger partial charge in [-0.3, -0.25) is 14.5 Å². The number of likely N-dealkylation sites (N-methyl/N-ethyl adjacent to an activating group) is 1. The number of halogens is 1. The standard InChI is InChI=1S/C24H38N6O2.HI/c1-4-25-24(27-21-10-13-29(14-11-21)18-23(32)28(2)3)26-16-19-7-5-8-20(15-19)17-30-12-6-9-22(30)31;/h5,7-8,15,21H,4,6,9-14,16-18H2,1-3H3,(H2,25,26,27);1H. The first-order valence-electron chi connectivity index (χ1n) is 11.8. The maximum absolute atomic E-state index is 11.9. The van der Waals surface area contributed by atoms with Crippen molar-refractivity contribution < 1.29 is 9.59 Å². The number of nitrogens with zero attached hydrogens (tertiary/aromatic N) is 4. The summed E-state index contributed by atoms with van der Waals surface area (Å²) in [4.78, 5) is 34.4. The van der Waals surface area contributed by atoms with E-state index in [9.17, 15) is 9.59 Å². The first kappa shape index (κ1) is 27.4. The van der Waals surface area contributed by atoms with Crippen LogP contribution in [0.5, 0.6) is 0 Å². The maximum Gasteiger partial charge on any atom is 0.236 e. The molecule has 8 nitrogen and oxygen atoms in total. The molecule has 1 aromatic rings. The Morgan fingerprint density at radius 3 is 2.55 bits per heavy atom. The molecule has 0 saturated carbocycles. The second-order valence-corrected chi connectivity index (χ2v) is 8.92. The molecule has 3 rings (SSSR count). The third-order valence-electron chi connectivity index (χ3n) is 6.09. The van der Waals surface area contributed by atoms with Gasteiger partial charge in [0.05, 0.1) is 13.1 Å². The summed E-state index contributed by atoms with van der Waals surface area (Å²) in [6, 6.07) is 8.72. The van der Waals surface area contributed by atoms with Gasteiger partial charge in [-0.15, -0.1) is 24.0 Å². The minimum absolute atomic E-state index is 0. The minimum atomic E-state index is 0. The molecule has 2 aliphatic heterocycles. The molecule has 2 fully saturated rings. The highest BCUT2D eigenvalue weighted by molar-refractivity contribution is 14.0. The third-order valence-corrected chi connectivity index (χ3v) is 6.09. The van der Waals surface area contributed by atoms with Crippen LogP contribution in [0.2, 0.25) is 0 Å². The molecule has 2 heterocycles. The van der Waals surface area contributed by atoms with E-state index in [-0.39, 0.29) is 35.8 Å². The number of amides is 2. The number of piperidine rings is 1. The van der Waals surface area contributed by atoms with Crippen molar-refractivity contribution in [3.63, 3.8) is 0 Å². The van der Waals surface area contributed by atoms with E-state index in [4.69, 9.17) is 4.99 Å². The molecule has 184 valence electrons. The summed E-state index contributed by atoms with van der Waals surface area (Å²) in [6.07, 6.45) is 3.62. The van der Waals surface area contributed by atoms with Crippen molar-refractivity contribution in [3.8, 4) is 0 Å². The van der Waals surface area contributed by atoms with Gasteiger partial charge in [0.2, 0.25) is 11.8 Å². The Hall–Kier alpha value is -1.88. The molecule has 33 heavy (non-hydrogen) atoms. The summed E-state index contributed by atoms with van der Waals surface area (Å²) in [7, 11) is 3.61. The van der Waals surface area contributed by atoms with Gasteiger partial charge < -0.3 is 20.4 Å². The SMILES string of the molecule is CCNC(=NCc1cccc(CN2CCCC2=O)c1)NC1CCN(CC(=O)N(C)C)CC1.I. The van der Waals surface area contributed by atoms with E-state index in [1.807, 2.05) is 11.0 Å². The number of carbonyl (C=O) groups excluding carboxylic acids is 2. The van der Waals surface area contributed by atoms with Gasteiger partial charge in [-0.25, -0.2) is 4.99 Å². The van der Waals surface area contributed by atoms with Gasteiger partial charge in [0.25, 0.3) is 0 Å². The van der Waals surface area contributed by atoms with Gasteiger partial charge >= 0.3 is 0 Å². The Bertz CT molecular complexity index is 808. The number of hydrogen-bond acceptors (Lipinski definition) is 4. The van der Waals surface area contributed by atoms with E-state index in [0.29, 0.717) is 32.1 Å². The Kier molecular flexibility index (Phi) is 11.4. The van der Waals surface area contributed by atoms with E-state index < -0.39 is 0 Å². The lowest BCUT2D eigenvalue weighted by Gasteiger charge is -2.33. The topological polar surface area (TPSA) is 80.3 Å². The molecule has 2 saturated heterocycles. The molecular weight excluding hydrogens is 531 g/mol. The fraction of sp³-hybridized carbons (Fsp3) is 0.625. The summed E-state index contributed by atoms with van der Waals surface area (Å²) in [5.74, 6) is 1.24. The second-order valence-electron chi connectivity index (χ2n) is 8.92. The largest absolute Gasteiger partial charge is 0.357 e. The highest BCUT2D eigenvalue weighted by atomic mass is 127. The lowest BCUT2D eigenvalue weighted by atomic mass is 10.1. The Balaban J connectivity index is 0.00000385. The molecule has 0 aliphatic carbocycles. The number of hydrogen-bond donors (Lipinski definition) is 2. The van der Waals surface area contributed by atoms with Gasteiger partial charge in [-0.05, 0) is 37.3 Å². The average Bonchev–Trinajstić information content (AvgIpc) is 3.18. The smallest absolute Gasteiger partial charge is 0.236 e. The molecule has 0 bridgehead atoms. The lowest BCUT2D eigenvalue weighted by molar-refractivity contribution is -0.130. The summed E-state index contributed by atoms with van der Waals surface area (Å²) in [5.41, 5.74) is 2.30. The van der Waals surface area contributed by atoms with Crippen LogP contribution in [-0.2, 0) is 22.7 Å². The molecule has 0 radical (unpaired) electrons. The molecule has 2 N–H and O–H groups in total. The third kappa shape index (κ3) is 8.77. The summed E-state index contributed by atoms with van der Waals surface area (Å²) in [5, 5.41) is 6.92. The van der Waals surface area contributed by atoms with Crippen molar-refractivity contribution in [1.29, 1.82) is 0 Å². The first-order chi connectivity index (χ1) is 15.4. The average molecular weight is 571 g/mol. The summed E-state index contributed by atoms with van der Waals surface area (Å²) < 4.78 is 0. The molecule has 0 aromatic heterocycles. The van der Waals surface area contributed by atoms with E-state index >= 15 is 0 Å². The van der Waals surface area contributed by atoms with Crippen molar-refractivity contribution in [2.75, 3.05) is 46.8 Å². The van der Waals surface area contributed by atoms with Crippen LogP contribution >= 0.6 is 24.0 Å². The fourth-order valence-electron chi connectivity index (χ4n) is 4.17. The van der Waals surface area contributed by atoms with E-state index in [0.717, 1.165) is 62.5 Å². The summed E-state index contributed by atoms with van der Waals surface area (Å²) >= 11 is 0. The van der Waals surface area contributed by atoms with Crippen LogP contribution in [0.3, 0.4) is 0 Å². The van der Waals surface area contributed by atoms with Crippen molar-refractivity contribution in [3.05, 3.63) is 35.4 Å². The molecular formula is C24H39IN6O2. The zero-order chi connectivity index (χ0) is 22.9. The normalized spacial score (nSPS) is 17.6. The molecule has 0 spiro atoms. The monoisotopic (exact) mass is 570 g/mol. The van der Waals surface area contributed by atoms with Crippen LogP contribution in [0.15, 0.2) is 29.3 Å². The zero-order valence-corrected chi connectivity index (χ0v) is 22.5. The Morgan fingerprint density at radius 1 is 1.18 bits per heavy atom. The van der Waals surface area contributed by atoms with Gasteiger partial charge in [0, 0.05) is 59.3 Å². The van der Waals surface area contributed by atoms with Crippen molar-refractivity contribution in [1.82, 2.24) is 25.3 Å². The molecule has 2 aliphatic rings. The number of guanidine groups is 1. The number of aliphatic imine (C=N–C) groups is 1. The quantitative estimate of drug-likeness (QED) is 0.284. The Labute approximate surface area is 215 Å². The molecule has 1 aromatic carbocycles. The lowest BCUT2D eigenvalue weighted by Crippen LogP contribution is -2.50. The number of likely N-dealkylation sites (tertiary alicyclic amines) is 2. The van der Waals surface area contributed by atoms with Crippen LogP contribution < -0.4 is 10.6 Å². The van der Waals surface area contributed by atoms with Gasteiger partial charge in [0.1, 0.15) is 0 Å². The zero-order valence-electron chi connectivity index (χ0n) is 20.2. The predicted octanol–water partition coefficient (Wildman–Crippen LogP) is 2.03. The number of nitrogens with one attached hydrogen (secondary N) is 2. The van der Waals surface area contributed by atoms with Crippen LogP contribution in [-0.4, -0.2) is 85.3 Å². The van der Waals surface area contributed by atoms with Crippen molar-refractivity contribution >= 4 is 41.8 Å². The van der Waals surface area contributed by atoms with Crippen LogP contribution in [0.4, 0.5) is 0 Å². The fourth-order valence-corrected chi connectivity index (χ4v) is 4.17. The van der Waals surface area contributed by atoms with E-state index in [1.165, 1.54) is 0 Å². The molecule has 0 atom stereocenters. The Morgan fingerprint density at radius 2 is 1.91 bits per heavy atom. The van der Waals surface area contributed by atoms with Crippen LogP contribution in [0, 0.1) is 0 Å².